The predicted molar refractivity (Wildman–Crippen MR) is 68.7 cm³/mol. The molecular weight excluding hydrogens is 290 g/mol. The van der Waals surface area contributed by atoms with E-state index in [2.05, 4.69) is 20.5 Å². The lowest BCUT2D eigenvalue weighted by Crippen LogP contribution is -2.06. The molecule has 0 atom stereocenters. The van der Waals surface area contributed by atoms with E-state index in [0.29, 0.717) is 17.4 Å². The number of ether oxygens (including phenoxy) is 1. The number of nitrogens with zero attached hydrogens (tertiary/aromatic N) is 5. The van der Waals surface area contributed by atoms with Crippen LogP contribution in [0.2, 0.25) is 0 Å². The molecule has 8 nitrogen and oxygen atoms in total. The second-order valence-electron chi connectivity index (χ2n) is 3.74. The Labute approximate surface area is 114 Å². The number of rotatable bonds is 6. The molecule has 0 fully saturated rings. The highest BCUT2D eigenvalue weighted by molar-refractivity contribution is 7.90. The zero-order valence-electron chi connectivity index (χ0n) is 10.5. The van der Waals surface area contributed by atoms with Crippen molar-refractivity contribution in [2.75, 3.05) is 12.9 Å². The van der Waals surface area contributed by atoms with Crippen LogP contribution >= 0.6 is 11.3 Å². The Hall–Kier alpha value is -1.39. The number of aromatic nitrogens is 5. The maximum atomic E-state index is 11.5. The lowest BCUT2D eigenvalue weighted by molar-refractivity contribution is 0.184. The largest absolute Gasteiger partial charge is 0.377 e. The van der Waals surface area contributed by atoms with Crippen molar-refractivity contribution in [3.05, 3.63) is 16.9 Å². The van der Waals surface area contributed by atoms with Gasteiger partial charge in [-0.3, -0.25) is 0 Å². The van der Waals surface area contributed by atoms with Gasteiger partial charge >= 0.3 is 0 Å². The SMILES string of the molecule is CCS(=O)(=O)Cc1cn(-c2nnc(COC)s2)nn1. The van der Waals surface area contributed by atoms with E-state index >= 15 is 0 Å². The smallest absolute Gasteiger partial charge is 0.234 e. The minimum absolute atomic E-state index is 0.0800. The molecule has 0 radical (unpaired) electrons. The van der Waals surface area contributed by atoms with Gasteiger partial charge < -0.3 is 4.74 Å². The van der Waals surface area contributed by atoms with Crippen molar-refractivity contribution in [2.24, 2.45) is 0 Å². The normalized spacial score (nSPS) is 11.9. The molecule has 104 valence electrons. The molecule has 0 bridgehead atoms. The molecule has 2 heterocycles. The number of hydrogen-bond acceptors (Lipinski definition) is 8. The Balaban J connectivity index is 2.16. The van der Waals surface area contributed by atoms with Gasteiger partial charge in [-0.1, -0.05) is 23.5 Å². The summed E-state index contributed by atoms with van der Waals surface area (Å²) in [6.45, 7) is 1.98. The first-order valence-corrected chi connectivity index (χ1v) is 8.11. The molecule has 0 spiro atoms. The Morgan fingerprint density at radius 1 is 1.37 bits per heavy atom. The van der Waals surface area contributed by atoms with E-state index in [1.54, 1.807) is 20.2 Å². The van der Waals surface area contributed by atoms with Gasteiger partial charge in [0.2, 0.25) is 5.13 Å². The minimum Gasteiger partial charge on any atom is -0.377 e. The molecule has 0 N–H and O–H groups in total. The summed E-state index contributed by atoms with van der Waals surface area (Å²) in [5, 5.41) is 16.8. The first-order valence-electron chi connectivity index (χ1n) is 5.47. The van der Waals surface area contributed by atoms with Crippen molar-refractivity contribution in [1.82, 2.24) is 25.2 Å². The standard InChI is InChI=1S/C9H13N5O3S2/c1-3-19(15,16)6-7-4-14(13-10-7)9-12-11-8(18-9)5-17-2/h4H,3,5-6H2,1-2H3. The van der Waals surface area contributed by atoms with E-state index in [0.717, 1.165) is 5.01 Å². The molecule has 0 aromatic carbocycles. The van der Waals surface area contributed by atoms with Crippen molar-refractivity contribution in [1.29, 1.82) is 0 Å². The van der Waals surface area contributed by atoms with Gasteiger partial charge in [-0.2, -0.15) is 4.68 Å². The molecule has 2 aromatic heterocycles. The van der Waals surface area contributed by atoms with Gasteiger partial charge in [-0.05, 0) is 0 Å². The molecule has 0 saturated heterocycles. The summed E-state index contributed by atoms with van der Waals surface area (Å²) in [5.41, 5.74) is 0.394. The number of hydrogen-bond donors (Lipinski definition) is 0. The fraction of sp³-hybridized carbons (Fsp3) is 0.556. The molecule has 0 saturated carbocycles. The molecule has 2 aromatic rings. The van der Waals surface area contributed by atoms with Crippen LogP contribution in [0.25, 0.3) is 5.13 Å². The lowest BCUT2D eigenvalue weighted by Gasteiger charge is -1.95. The van der Waals surface area contributed by atoms with Crippen LogP contribution in [0.4, 0.5) is 0 Å². The summed E-state index contributed by atoms with van der Waals surface area (Å²) in [7, 11) is -1.54. The Bertz CT molecular complexity index is 648. The van der Waals surface area contributed by atoms with Crippen LogP contribution in [0.1, 0.15) is 17.6 Å². The number of methoxy groups -OCH3 is 1. The maximum absolute atomic E-state index is 11.5. The van der Waals surface area contributed by atoms with Crippen molar-refractivity contribution in [2.45, 2.75) is 19.3 Å². The van der Waals surface area contributed by atoms with Gasteiger partial charge in [-0.25, -0.2) is 8.42 Å². The molecular formula is C9H13N5O3S2. The molecule has 0 unspecified atom stereocenters. The van der Waals surface area contributed by atoms with Crippen molar-refractivity contribution < 1.29 is 13.2 Å². The average molecular weight is 303 g/mol. The minimum atomic E-state index is -3.11. The first-order chi connectivity index (χ1) is 9.04. The van der Waals surface area contributed by atoms with Crippen LogP contribution in [0.3, 0.4) is 0 Å². The van der Waals surface area contributed by atoms with E-state index in [4.69, 9.17) is 4.74 Å². The third-order valence-corrected chi connectivity index (χ3v) is 4.77. The van der Waals surface area contributed by atoms with Gasteiger partial charge in [0.25, 0.3) is 0 Å². The molecule has 19 heavy (non-hydrogen) atoms. The third-order valence-electron chi connectivity index (χ3n) is 2.27. The molecule has 10 heteroatoms. The summed E-state index contributed by atoms with van der Waals surface area (Å²) in [6.07, 6.45) is 1.55. The van der Waals surface area contributed by atoms with Crippen LogP contribution < -0.4 is 0 Å². The third kappa shape index (κ3) is 3.55. The average Bonchev–Trinajstić information content (AvgIpc) is 2.98. The van der Waals surface area contributed by atoms with Crippen LogP contribution in [-0.2, 0) is 26.9 Å². The molecule has 2 rings (SSSR count). The summed E-state index contributed by atoms with van der Waals surface area (Å²) in [5.74, 6) is -0.0378. The van der Waals surface area contributed by atoms with Crippen LogP contribution in [0.15, 0.2) is 6.20 Å². The van der Waals surface area contributed by atoms with E-state index < -0.39 is 9.84 Å². The van der Waals surface area contributed by atoms with Crippen LogP contribution in [0, 0.1) is 0 Å². The monoisotopic (exact) mass is 303 g/mol. The second-order valence-corrected chi connectivity index (χ2v) is 7.14. The Morgan fingerprint density at radius 3 is 2.84 bits per heavy atom. The predicted octanol–water partition coefficient (Wildman–Crippen LogP) is 0.200. The van der Waals surface area contributed by atoms with Crippen LogP contribution in [-0.4, -0.2) is 46.5 Å². The lowest BCUT2D eigenvalue weighted by atomic mass is 10.6. The highest BCUT2D eigenvalue weighted by Crippen LogP contribution is 2.15. The summed E-state index contributed by atoms with van der Waals surface area (Å²) in [4.78, 5) is 0. The topological polar surface area (TPSA) is 99.9 Å². The Morgan fingerprint density at radius 2 is 2.16 bits per heavy atom. The summed E-state index contributed by atoms with van der Waals surface area (Å²) in [6, 6.07) is 0. The highest BCUT2D eigenvalue weighted by Gasteiger charge is 2.14. The van der Waals surface area contributed by atoms with Gasteiger partial charge in [0.05, 0.1) is 17.6 Å². The molecule has 0 aliphatic carbocycles. The Kier molecular flexibility index (Phi) is 4.22. The van der Waals surface area contributed by atoms with Crippen molar-refractivity contribution in [3.8, 4) is 5.13 Å². The molecule has 0 aliphatic rings. The van der Waals surface area contributed by atoms with E-state index in [1.807, 2.05) is 0 Å². The van der Waals surface area contributed by atoms with Crippen molar-refractivity contribution in [3.63, 3.8) is 0 Å². The van der Waals surface area contributed by atoms with E-state index in [9.17, 15) is 8.42 Å². The van der Waals surface area contributed by atoms with Gasteiger partial charge in [0.1, 0.15) is 11.6 Å². The molecule has 0 aliphatic heterocycles. The number of sulfone groups is 1. The zero-order valence-corrected chi connectivity index (χ0v) is 12.1. The zero-order chi connectivity index (χ0) is 13.9. The highest BCUT2D eigenvalue weighted by atomic mass is 32.2. The van der Waals surface area contributed by atoms with E-state index in [-0.39, 0.29) is 11.5 Å². The maximum Gasteiger partial charge on any atom is 0.234 e. The second kappa shape index (κ2) is 5.72. The van der Waals surface area contributed by atoms with Crippen LogP contribution in [0.5, 0.6) is 0 Å². The fourth-order valence-corrected chi connectivity index (χ4v) is 2.83. The van der Waals surface area contributed by atoms with Gasteiger partial charge in [0, 0.05) is 12.9 Å². The fourth-order valence-electron chi connectivity index (χ4n) is 1.30. The van der Waals surface area contributed by atoms with Gasteiger partial charge in [-0.15, -0.1) is 15.3 Å². The summed E-state index contributed by atoms with van der Waals surface area (Å²) >= 11 is 1.31. The summed E-state index contributed by atoms with van der Waals surface area (Å²) < 4.78 is 29.3. The van der Waals surface area contributed by atoms with Crippen molar-refractivity contribution >= 4 is 21.2 Å². The van der Waals surface area contributed by atoms with Gasteiger partial charge in [0.15, 0.2) is 9.84 Å². The quantitative estimate of drug-likeness (QED) is 0.751. The molecule has 0 amide bonds. The van der Waals surface area contributed by atoms with E-state index in [1.165, 1.54) is 16.0 Å². The first kappa shape index (κ1) is 14.0.